The van der Waals surface area contributed by atoms with Crippen LogP contribution in [0.1, 0.15) is 28.2 Å². The number of thiophene rings is 1. The fourth-order valence-corrected chi connectivity index (χ4v) is 6.03. The Balaban J connectivity index is 1.56. The highest BCUT2D eigenvalue weighted by Crippen LogP contribution is 2.39. The second-order valence-corrected chi connectivity index (χ2v) is 9.22. The molecule has 3 heterocycles. The topological polar surface area (TPSA) is 43.1 Å². The predicted octanol–water partition coefficient (Wildman–Crippen LogP) is 5.74. The van der Waals surface area contributed by atoms with Crippen LogP contribution >= 0.6 is 46.3 Å². The van der Waals surface area contributed by atoms with Crippen LogP contribution in [0.15, 0.2) is 23.4 Å². The quantitative estimate of drug-likeness (QED) is 0.396. The minimum absolute atomic E-state index is 0.571. The molecule has 0 aliphatic heterocycles. The van der Waals surface area contributed by atoms with Gasteiger partial charge in [-0.05, 0) is 49.4 Å². The van der Waals surface area contributed by atoms with E-state index in [-0.39, 0.29) is 0 Å². The third kappa shape index (κ3) is 2.62. The van der Waals surface area contributed by atoms with Gasteiger partial charge >= 0.3 is 0 Å². The molecule has 0 saturated carbocycles. The Hall–Kier alpha value is -1.34. The molecular formula is C18H14Cl2N4S2. The molecule has 0 radical (unpaired) electrons. The standard InChI is InChI=1S/C18H14Cl2N4S2/c1-9-21-17-15(11-3-2-4-14(11)26-17)16-22-23-18(24(9)16)25-8-10-5-6-12(19)13(20)7-10/h5-7H,2-4,8H2,1H3. The molecule has 5 rings (SSSR count). The number of aromatic nitrogens is 4. The summed E-state index contributed by atoms with van der Waals surface area (Å²) >= 11 is 15.6. The van der Waals surface area contributed by atoms with Crippen LogP contribution in [-0.4, -0.2) is 19.6 Å². The molecular weight excluding hydrogens is 407 g/mol. The van der Waals surface area contributed by atoms with E-state index in [1.54, 1.807) is 11.8 Å². The first kappa shape index (κ1) is 16.8. The summed E-state index contributed by atoms with van der Waals surface area (Å²) in [6.45, 7) is 2.02. The van der Waals surface area contributed by atoms with Crippen LogP contribution in [0.2, 0.25) is 10.0 Å². The van der Waals surface area contributed by atoms with E-state index in [1.807, 2.05) is 36.5 Å². The zero-order valence-corrected chi connectivity index (χ0v) is 17.1. The second kappa shape index (κ2) is 6.37. The van der Waals surface area contributed by atoms with E-state index in [4.69, 9.17) is 28.2 Å². The Morgan fingerprint density at radius 2 is 2.08 bits per heavy atom. The molecule has 1 aliphatic rings. The van der Waals surface area contributed by atoms with Gasteiger partial charge in [0.05, 0.1) is 15.4 Å². The summed E-state index contributed by atoms with van der Waals surface area (Å²) in [7, 11) is 0. The first-order valence-electron chi connectivity index (χ1n) is 8.34. The van der Waals surface area contributed by atoms with Gasteiger partial charge in [0.1, 0.15) is 10.7 Å². The van der Waals surface area contributed by atoms with Gasteiger partial charge in [0.25, 0.3) is 0 Å². The van der Waals surface area contributed by atoms with E-state index in [9.17, 15) is 0 Å². The van der Waals surface area contributed by atoms with E-state index in [0.717, 1.165) is 45.6 Å². The second-order valence-electron chi connectivity index (χ2n) is 6.38. The van der Waals surface area contributed by atoms with Crippen molar-refractivity contribution in [1.29, 1.82) is 0 Å². The number of nitrogens with zero attached hydrogens (tertiary/aromatic N) is 4. The van der Waals surface area contributed by atoms with Crippen molar-refractivity contribution in [3.63, 3.8) is 0 Å². The Morgan fingerprint density at radius 3 is 2.92 bits per heavy atom. The van der Waals surface area contributed by atoms with Gasteiger partial charge in [-0.3, -0.25) is 4.40 Å². The summed E-state index contributed by atoms with van der Waals surface area (Å²) in [6, 6.07) is 5.71. The molecule has 1 aliphatic carbocycles. The molecule has 0 N–H and O–H groups in total. The van der Waals surface area contributed by atoms with Gasteiger partial charge in [-0.2, -0.15) is 0 Å². The number of benzene rings is 1. The van der Waals surface area contributed by atoms with Crippen molar-refractivity contribution in [3.8, 4) is 0 Å². The van der Waals surface area contributed by atoms with Crippen LogP contribution in [0, 0.1) is 6.92 Å². The summed E-state index contributed by atoms with van der Waals surface area (Å²) in [5, 5.41) is 12.2. The van der Waals surface area contributed by atoms with E-state index < -0.39 is 0 Å². The molecule has 0 unspecified atom stereocenters. The SMILES string of the molecule is Cc1nc2sc3c(c2c2nnc(SCc4ccc(Cl)c(Cl)c4)n12)CCC3. The highest BCUT2D eigenvalue weighted by atomic mass is 35.5. The van der Waals surface area contributed by atoms with E-state index >= 15 is 0 Å². The van der Waals surface area contributed by atoms with Crippen LogP contribution in [0.4, 0.5) is 0 Å². The third-order valence-electron chi connectivity index (χ3n) is 4.70. The largest absolute Gasteiger partial charge is 0.257 e. The van der Waals surface area contributed by atoms with E-state index in [2.05, 4.69) is 14.6 Å². The maximum atomic E-state index is 6.12. The Bertz CT molecular complexity index is 1170. The summed E-state index contributed by atoms with van der Waals surface area (Å²) < 4.78 is 2.08. The fourth-order valence-electron chi connectivity index (χ4n) is 3.49. The number of halogens is 2. The number of hydrogen-bond acceptors (Lipinski definition) is 5. The lowest BCUT2D eigenvalue weighted by atomic mass is 10.2. The average molecular weight is 421 g/mol. The molecule has 0 atom stereocenters. The molecule has 132 valence electrons. The lowest BCUT2D eigenvalue weighted by molar-refractivity contribution is 0.870. The normalized spacial score (nSPS) is 13.8. The lowest BCUT2D eigenvalue weighted by Crippen LogP contribution is -1.98. The monoisotopic (exact) mass is 420 g/mol. The number of rotatable bonds is 3. The van der Waals surface area contributed by atoms with Gasteiger partial charge in [0, 0.05) is 10.6 Å². The highest BCUT2D eigenvalue weighted by Gasteiger charge is 2.23. The first-order valence-corrected chi connectivity index (χ1v) is 10.9. The van der Waals surface area contributed by atoms with Crippen LogP contribution in [0.25, 0.3) is 15.9 Å². The Labute approximate surface area is 168 Å². The molecule has 1 aromatic carbocycles. The van der Waals surface area contributed by atoms with E-state index in [0.29, 0.717) is 10.0 Å². The number of hydrogen-bond donors (Lipinski definition) is 0. The average Bonchev–Trinajstić information content (AvgIpc) is 3.30. The van der Waals surface area contributed by atoms with Gasteiger partial charge < -0.3 is 0 Å². The van der Waals surface area contributed by atoms with Crippen molar-refractivity contribution >= 4 is 62.2 Å². The molecule has 4 aromatic rings. The van der Waals surface area contributed by atoms with Gasteiger partial charge in [-0.1, -0.05) is 41.0 Å². The van der Waals surface area contributed by atoms with Gasteiger partial charge in [-0.15, -0.1) is 21.5 Å². The summed E-state index contributed by atoms with van der Waals surface area (Å²) in [6.07, 6.45) is 3.51. The van der Waals surface area contributed by atoms with Crippen LogP contribution in [-0.2, 0) is 18.6 Å². The molecule has 0 amide bonds. The number of aryl methyl sites for hydroxylation is 3. The molecule has 0 saturated heterocycles. The van der Waals surface area contributed by atoms with Crippen molar-refractivity contribution < 1.29 is 0 Å². The van der Waals surface area contributed by atoms with Crippen LogP contribution in [0.5, 0.6) is 0 Å². The zero-order valence-electron chi connectivity index (χ0n) is 13.9. The van der Waals surface area contributed by atoms with Crippen molar-refractivity contribution in [3.05, 3.63) is 50.1 Å². The molecule has 3 aromatic heterocycles. The minimum atomic E-state index is 0.571. The Kier molecular flexibility index (Phi) is 4.12. The zero-order chi connectivity index (χ0) is 17.8. The van der Waals surface area contributed by atoms with Crippen molar-refractivity contribution in [2.45, 2.75) is 37.1 Å². The van der Waals surface area contributed by atoms with E-state index in [1.165, 1.54) is 22.2 Å². The molecule has 26 heavy (non-hydrogen) atoms. The maximum absolute atomic E-state index is 6.12. The van der Waals surface area contributed by atoms with Crippen LogP contribution < -0.4 is 0 Å². The maximum Gasteiger partial charge on any atom is 0.197 e. The summed E-state index contributed by atoms with van der Waals surface area (Å²) in [5.74, 6) is 1.67. The van der Waals surface area contributed by atoms with Gasteiger partial charge in [0.15, 0.2) is 10.8 Å². The molecule has 8 heteroatoms. The van der Waals surface area contributed by atoms with Crippen molar-refractivity contribution in [1.82, 2.24) is 19.6 Å². The van der Waals surface area contributed by atoms with Crippen LogP contribution in [0.3, 0.4) is 0 Å². The molecule has 4 nitrogen and oxygen atoms in total. The van der Waals surface area contributed by atoms with Gasteiger partial charge in [-0.25, -0.2) is 4.98 Å². The summed E-state index contributed by atoms with van der Waals surface area (Å²) in [4.78, 5) is 7.39. The number of fused-ring (bicyclic) bond motifs is 5. The first-order chi connectivity index (χ1) is 12.6. The third-order valence-corrected chi connectivity index (χ3v) is 7.62. The molecule has 0 fully saturated rings. The molecule has 0 spiro atoms. The highest BCUT2D eigenvalue weighted by molar-refractivity contribution is 7.98. The van der Waals surface area contributed by atoms with Gasteiger partial charge in [0.2, 0.25) is 0 Å². The fraction of sp³-hybridized carbons (Fsp3) is 0.278. The smallest absolute Gasteiger partial charge is 0.197 e. The lowest BCUT2D eigenvalue weighted by Gasteiger charge is -2.05. The predicted molar refractivity (Wildman–Crippen MR) is 109 cm³/mol. The summed E-state index contributed by atoms with van der Waals surface area (Å²) in [5.41, 5.74) is 3.46. The molecule has 0 bridgehead atoms. The van der Waals surface area contributed by atoms with Crippen molar-refractivity contribution in [2.75, 3.05) is 0 Å². The minimum Gasteiger partial charge on any atom is -0.257 e. The Morgan fingerprint density at radius 1 is 1.19 bits per heavy atom. The van der Waals surface area contributed by atoms with Crippen molar-refractivity contribution in [2.24, 2.45) is 0 Å². The number of thioether (sulfide) groups is 1.